The van der Waals surface area contributed by atoms with E-state index in [4.69, 9.17) is 4.74 Å². The predicted molar refractivity (Wildman–Crippen MR) is 72.9 cm³/mol. The lowest BCUT2D eigenvalue weighted by molar-refractivity contribution is -0.144. The molecule has 0 fully saturated rings. The summed E-state index contributed by atoms with van der Waals surface area (Å²) < 4.78 is 6.16. The SMILES string of the molecule is COC(=O)C(C)n1c(-c2ccccc2)cccc1=O. The topological polar surface area (TPSA) is 48.3 Å². The highest BCUT2D eigenvalue weighted by atomic mass is 16.5. The summed E-state index contributed by atoms with van der Waals surface area (Å²) in [5.74, 6) is -0.439. The van der Waals surface area contributed by atoms with Crippen molar-refractivity contribution in [3.63, 3.8) is 0 Å². The van der Waals surface area contributed by atoms with E-state index < -0.39 is 12.0 Å². The summed E-state index contributed by atoms with van der Waals surface area (Å²) in [7, 11) is 1.31. The Bertz CT molecular complexity index is 631. The molecule has 2 rings (SSSR count). The van der Waals surface area contributed by atoms with Gasteiger partial charge in [0.15, 0.2) is 0 Å². The van der Waals surface area contributed by atoms with Gasteiger partial charge in [0.1, 0.15) is 6.04 Å². The summed E-state index contributed by atoms with van der Waals surface area (Å²) >= 11 is 0. The van der Waals surface area contributed by atoms with Crippen molar-refractivity contribution >= 4 is 5.97 Å². The number of ether oxygens (including phenoxy) is 1. The number of pyridine rings is 1. The molecule has 4 nitrogen and oxygen atoms in total. The lowest BCUT2D eigenvalue weighted by atomic mass is 10.1. The van der Waals surface area contributed by atoms with Crippen molar-refractivity contribution in [2.24, 2.45) is 0 Å². The van der Waals surface area contributed by atoms with Crippen molar-refractivity contribution in [1.82, 2.24) is 4.57 Å². The lowest BCUT2D eigenvalue weighted by Crippen LogP contribution is -2.29. The van der Waals surface area contributed by atoms with Crippen LogP contribution in [0, 0.1) is 0 Å². The standard InChI is InChI=1S/C15H15NO3/c1-11(15(18)19-2)16-13(9-6-10-14(16)17)12-7-4-3-5-8-12/h3-11H,1-2H3. The lowest BCUT2D eigenvalue weighted by Gasteiger charge is -2.17. The highest BCUT2D eigenvalue weighted by Gasteiger charge is 2.19. The molecule has 1 atom stereocenters. The van der Waals surface area contributed by atoms with Crippen molar-refractivity contribution in [1.29, 1.82) is 0 Å². The summed E-state index contributed by atoms with van der Waals surface area (Å²) in [5, 5.41) is 0. The molecule has 4 heteroatoms. The van der Waals surface area contributed by atoms with Crippen LogP contribution in [0.5, 0.6) is 0 Å². The van der Waals surface area contributed by atoms with E-state index in [1.54, 1.807) is 13.0 Å². The van der Waals surface area contributed by atoms with Gasteiger partial charge in [-0.15, -0.1) is 0 Å². The minimum Gasteiger partial charge on any atom is -0.467 e. The van der Waals surface area contributed by atoms with Crippen molar-refractivity contribution in [3.05, 3.63) is 58.9 Å². The number of hydrogen-bond donors (Lipinski definition) is 0. The van der Waals surface area contributed by atoms with E-state index in [2.05, 4.69) is 0 Å². The van der Waals surface area contributed by atoms with Gasteiger partial charge in [-0.2, -0.15) is 0 Å². The number of carbonyl (C=O) groups excluding carboxylic acids is 1. The van der Waals surface area contributed by atoms with E-state index in [0.29, 0.717) is 5.69 Å². The van der Waals surface area contributed by atoms with E-state index in [0.717, 1.165) is 5.56 Å². The number of rotatable bonds is 3. The number of aromatic nitrogens is 1. The molecule has 0 saturated heterocycles. The molecule has 0 aliphatic carbocycles. The fourth-order valence-electron chi connectivity index (χ4n) is 2.02. The van der Waals surface area contributed by atoms with Crippen molar-refractivity contribution in [2.45, 2.75) is 13.0 Å². The summed E-state index contributed by atoms with van der Waals surface area (Å²) in [4.78, 5) is 23.7. The van der Waals surface area contributed by atoms with Gasteiger partial charge in [0, 0.05) is 6.07 Å². The Balaban J connectivity index is 2.61. The Labute approximate surface area is 111 Å². The third-order valence-electron chi connectivity index (χ3n) is 2.99. The summed E-state index contributed by atoms with van der Waals surface area (Å²) in [6, 6.07) is 13.8. The van der Waals surface area contributed by atoms with Crippen molar-refractivity contribution < 1.29 is 9.53 Å². The molecule has 1 unspecified atom stereocenters. The van der Waals surface area contributed by atoms with E-state index in [9.17, 15) is 9.59 Å². The van der Waals surface area contributed by atoms with E-state index in [-0.39, 0.29) is 5.56 Å². The molecular weight excluding hydrogens is 242 g/mol. The highest BCUT2D eigenvalue weighted by Crippen LogP contribution is 2.20. The first kappa shape index (κ1) is 13.1. The Hall–Kier alpha value is -2.36. The van der Waals surface area contributed by atoms with Crippen LogP contribution >= 0.6 is 0 Å². The summed E-state index contributed by atoms with van der Waals surface area (Å²) in [5.41, 5.74) is 1.36. The second-order valence-corrected chi connectivity index (χ2v) is 4.18. The number of esters is 1. The van der Waals surface area contributed by atoms with Crippen molar-refractivity contribution in [3.8, 4) is 11.3 Å². The maximum absolute atomic E-state index is 12.0. The molecule has 0 aliphatic heterocycles. The van der Waals surface area contributed by atoms with Crippen LogP contribution in [0.3, 0.4) is 0 Å². The second-order valence-electron chi connectivity index (χ2n) is 4.18. The molecule has 1 aromatic heterocycles. The number of hydrogen-bond acceptors (Lipinski definition) is 3. The first-order chi connectivity index (χ1) is 9.15. The molecule has 0 bridgehead atoms. The maximum Gasteiger partial charge on any atom is 0.328 e. The normalized spacial score (nSPS) is 11.9. The Morgan fingerprint density at radius 1 is 1.11 bits per heavy atom. The Morgan fingerprint density at radius 2 is 1.79 bits per heavy atom. The van der Waals surface area contributed by atoms with Crippen LogP contribution in [0.25, 0.3) is 11.3 Å². The predicted octanol–water partition coefficient (Wildman–Crippen LogP) is 2.25. The van der Waals surface area contributed by atoms with E-state index in [1.165, 1.54) is 17.7 Å². The summed E-state index contributed by atoms with van der Waals surface area (Å²) in [6.07, 6.45) is 0. The summed E-state index contributed by atoms with van der Waals surface area (Å²) in [6.45, 7) is 1.65. The molecule has 0 amide bonds. The molecule has 2 aromatic rings. The van der Waals surface area contributed by atoms with Gasteiger partial charge in [-0.05, 0) is 18.6 Å². The van der Waals surface area contributed by atoms with Crippen LogP contribution in [0.15, 0.2) is 53.3 Å². The Morgan fingerprint density at radius 3 is 2.42 bits per heavy atom. The molecule has 19 heavy (non-hydrogen) atoms. The molecule has 1 aromatic carbocycles. The number of nitrogens with zero attached hydrogens (tertiary/aromatic N) is 1. The maximum atomic E-state index is 12.0. The first-order valence-corrected chi connectivity index (χ1v) is 6.00. The van der Waals surface area contributed by atoms with Gasteiger partial charge in [-0.3, -0.25) is 9.36 Å². The molecule has 0 N–H and O–H groups in total. The van der Waals surface area contributed by atoms with Gasteiger partial charge >= 0.3 is 5.97 Å². The molecule has 1 heterocycles. The van der Waals surface area contributed by atoms with Crippen LogP contribution in [0.1, 0.15) is 13.0 Å². The smallest absolute Gasteiger partial charge is 0.328 e. The minimum absolute atomic E-state index is 0.223. The van der Waals surface area contributed by atoms with Crippen LogP contribution in [-0.2, 0) is 9.53 Å². The third-order valence-corrected chi connectivity index (χ3v) is 2.99. The zero-order valence-corrected chi connectivity index (χ0v) is 10.9. The van der Waals surface area contributed by atoms with Gasteiger partial charge in [-0.25, -0.2) is 4.79 Å². The van der Waals surface area contributed by atoms with Gasteiger partial charge in [0.05, 0.1) is 12.8 Å². The first-order valence-electron chi connectivity index (χ1n) is 6.00. The average molecular weight is 257 g/mol. The number of benzene rings is 1. The number of methoxy groups -OCH3 is 1. The molecular formula is C15H15NO3. The molecule has 98 valence electrons. The molecule has 0 aliphatic rings. The van der Waals surface area contributed by atoms with Gasteiger partial charge in [0.25, 0.3) is 5.56 Å². The number of carbonyl (C=O) groups is 1. The van der Waals surface area contributed by atoms with Gasteiger partial charge in [0.2, 0.25) is 0 Å². The quantitative estimate of drug-likeness (QED) is 0.792. The van der Waals surface area contributed by atoms with Crippen LogP contribution in [-0.4, -0.2) is 17.6 Å². The second kappa shape index (κ2) is 5.52. The largest absolute Gasteiger partial charge is 0.467 e. The van der Waals surface area contributed by atoms with Gasteiger partial charge < -0.3 is 4.74 Å². The fraction of sp³-hybridized carbons (Fsp3) is 0.200. The van der Waals surface area contributed by atoms with E-state index >= 15 is 0 Å². The van der Waals surface area contributed by atoms with E-state index in [1.807, 2.05) is 36.4 Å². The fourth-order valence-corrected chi connectivity index (χ4v) is 2.02. The Kier molecular flexibility index (Phi) is 3.80. The zero-order valence-electron chi connectivity index (χ0n) is 10.9. The minimum atomic E-state index is -0.658. The molecule has 0 saturated carbocycles. The van der Waals surface area contributed by atoms with Crippen LogP contribution < -0.4 is 5.56 Å². The third kappa shape index (κ3) is 2.57. The monoisotopic (exact) mass is 257 g/mol. The molecule has 0 radical (unpaired) electrons. The van der Waals surface area contributed by atoms with Gasteiger partial charge in [-0.1, -0.05) is 36.4 Å². The molecule has 0 spiro atoms. The van der Waals surface area contributed by atoms with Crippen LogP contribution in [0.4, 0.5) is 0 Å². The van der Waals surface area contributed by atoms with Crippen molar-refractivity contribution in [2.75, 3.05) is 7.11 Å². The van der Waals surface area contributed by atoms with Crippen LogP contribution in [0.2, 0.25) is 0 Å². The average Bonchev–Trinajstić information content (AvgIpc) is 2.46. The zero-order chi connectivity index (χ0) is 13.8. The highest BCUT2D eigenvalue weighted by molar-refractivity contribution is 5.75.